The first kappa shape index (κ1) is 26.8. The Bertz CT molecular complexity index is 1120. The number of aliphatic hydroxyl groups is 1. The van der Waals surface area contributed by atoms with Crippen LogP contribution in [0, 0.1) is 13.8 Å². The molecule has 188 valence electrons. The maximum Gasteiger partial charge on any atom is 0.249 e. The Hall–Kier alpha value is -1.82. The molecule has 5 nitrogen and oxygen atoms in total. The number of fused-ring (bicyclic) bond motifs is 3. The van der Waals surface area contributed by atoms with Gasteiger partial charge in [-0.1, -0.05) is 50.6 Å². The Balaban J connectivity index is 1.45. The summed E-state index contributed by atoms with van der Waals surface area (Å²) in [6.07, 6.45) is 11.0. The zero-order chi connectivity index (χ0) is 24.5. The zero-order valence-corrected chi connectivity index (χ0v) is 22.0. The summed E-state index contributed by atoms with van der Waals surface area (Å²) in [4.78, 5) is 17.2. The van der Waals surface area contributed by atoms with Crippen LogP contribution < -0.4 is 5.56 Å². The van der Waals surface area contributed by atoms with E-state index in [0.29, 0.717) is 11.6 Å². The number of aryl methyl sites for hydroxylation is 2. The molecule has 2 N–H and O–H groups in total. The van der Waals surface area contributed by atoms with E-state index in [0.717, 1.165) is 48.8 Å². The largest absolute Gasteiger partial charge is 0.396 e. The topological polar surface area (TPSA) is 61.3 Å². The number of hydrogen-bond donors (Lipinski definition) is 2. The molecule has 0 fully saturated rings. The number of aromatic nitrogens is 2. The van der Waals surface area contributed by atoms with Gasteiger partial charge in [0, 0.05) is 41.2 Å². The quantitative estimate of drug-likeness (QED) is 0.238. The Morgan fingerprint density at radius 3 is 2.26 bits per heavy atom. The van der Waals surface area contributed by atoms with E-state index in [9.17, 15) is 4.79 Å². The van der Waals surface area contributed by atoms with Crippen molar-refractivity contribution in [3.05, 3.63) is 44.8 Å². The summed E-state index contributed by atoms with van der Waals surface area (Å²) in [6.45, 7) is 11.3. The molecule has 0 saturated carbocycles. The van der Waals surface area contributed by atoms with Crippen molar-refractivity contribution in [2.45, 2.75) is 85.1 Å². The van der Waals surface area contributed by atoms with Gasteiger partial charge in [0.1, 0.15) is 0 Å². The van der Waals surface area contributed by atoms with Gasteiger partial charge in [-0.15, -0.1) is 0 Å². The predicted molar refractivity (Wildman–Crippen MR) is 145 cm³/mol. The third-order valence-electron chi connectivity index (χ3n) is 7.24. The van der Waals surface area contributed by atoms with Crippen molar-refractivity contribution in [2.24, 2.45) is 0 Å². The molecule has 34 heavy (non-hydrogen) atoms. The van der Waals surface area contributed by atoms with E-state index >= 15 is 0 Å². The highest BCUT2D eigenvalue weighted by Gasteiger charge is 2.16. The van der Waals surface area contributed by atoms with Crippen LogP contribution in [-0.2, 0) is 6.54 Å². The van der Waals surface area contributed by atoms with Crippen LogP contribution in [0.4, 0.5) is 0 Å². The monoisotopic (exact) mass is 487 g/mol. The lowest BCUT2D eigenvalue weighted by atomic mass is 10.1. The van der Waals surface area contributed by atoms with Gasteiger partial charge in [0.25, 0.3) is 0 Å². The summed E-state index contributed by atoms with van der Waals surface area (Å²) in [5.74, 6) is 0. The number of benzene rings is 1. The highest BCUT2D eigenvalue weighted by molar-refractivity contribution is 6.37. The molecule has 0 bridgehead atoms. The van der Waals surface area contributed by atoms with Crippen LogP contribution >= 0.6 is 11.6 Å². The van der Waals surface area contributed by atoms with E-state index < -0.39 is 0 Å². The summed E-state index contributed by atoms with van der Waals surface area (Å²) in [5, 5.41) is 11.6. The second-order valence-corrected chi connectivity index (χ2v) is 9.97. The molecular formula is C28H42ClN3O2. The van der Waals surface area contributed by atoms with E-state index in [2.05, 4.69) is 41.3 Å². The fourth-order valence-corrected chi connectivity index (χ4v) is 5.42. The van der Waals surface area contributed by atoms with Gasteiger partial charge in [-0.2, -0.15) is 0 Å². The van der Waals surface area contributed by atoms with Gasteiger partial charge in [-0.3, -0.25) is 4.79 Å². The number of hydrogen-bond acceptors (Lipinski definition) is 3. The molecule has 0 atom stereocenters. The molecule has 3 aromatic rings. The van der Waals surface area contributed by atoms with Gasteiger partial charge >= 0.3 is 0 Å². The number of aliphatic hydroxyl groups excluding tert-OH is 1. The summed E-state index contributed by atoms with van der Waals surface area (Å²) < 4.78 is 2.42. The molecule has 2 aromatic heterocycles. The van der Waals surface area contributed by atoms with Gasteiger partial charge < -0.3 is 19.6 Å². The molecule has 0 radical (unpaired) electrons. The van der Waals surface area contributed by atoms with Crippen molar-refractivity contribution in [2.75, 3.05) is 26.2 Å². The number of nitrogens with one attached hydrogen (secondary N) is 1. The number of unbranched alkanes of at least 4 members (excludes halogenated alkanes) is 7. The van der Waals surface area contributed by atoms with E-state index in [-0.39, 0.29) is 5.56 Å². The lowest BCUT2D eigenvalue weighted by molar-refractivity contribution is 0.245. The average molecular weight is 488 g/mol. The smallest absolute Gasteiger partial charge is 0.249 e. The van der Waals surface area contributed by atoms with Crippen LogP contribution in [0.15, 0.2) is 23.0 Å². The summed E-state index contributed by atoms with van der Waals surface area (Å²) >= 11 is 6.49. The minimum atomic E-state index is -0.161. The number of pyridine rings is 1. The maximum atomic E-state index is 11.8. The van der Waals surface area contributed by atoms with Gasteiger partial charge in [0.05, 0.1) is 10.5 Å². The standard InChI is InChI=1S/C28H42ClN3O2/c1-4-31(17-12-13-19-33)16-10-8-6-5-7-9-11-18-32-22(3)21(2)27-25(32)15-14-24-28(27)23(29)20-26(34)30-24/h14-15,20,33H,4-13,16-19H2,1-3H3,(H,30,34). The molecule has 0 unspecified atom stereocenters. The fraction of sp³-hybridized carbons (Fsp3) is 0.607. The fourth-order valence-electron chi connectivity index (χ4n) is 5.12. The van der Waals surface area contributed by atoms with Crippen molar-refractivity contribution in [3.63, 3.8) is 0 Å². The number of halogens is 1. The molecule has 0 aliphatic heterocycles. The van der Waals surface area contributed by atoms with Gasteiger partial charge in [-0.05, 0) is 76.9 Å². The van der Waals surface area contributed by atoms with Gasteiger partial charge in [-0.25, -0.2) is 0 Å². The third kappa shape index (κ3) is 6.65. The van der Waals surface area contributed by atoms with Crippen LogP contribution in [0.25, 0.3) is 21.8 Å². The minimum Gasteiger partial charge on any atom is -0.396 e. The van der Waals surface area contributed by atoms with Crippen molar-refractivity contribution in [1.82, 2.24) is 14.5 Å². The highest BCUT2D eigenvalue weighted by atomic mass is 35.5. The second kappa shape index (κ2) is 13.3. The molecule has 2 heterocycles. The van der Waals surface area contributed by atoms with Crippen LogP contribution in [0.2, 0.25) is 5.02 Å². The first-order valence-corrected chi connectivity index (χ1v) is 13.5. The van der Waals surface area contributed by atoms with Crippen molar-refractivity contribution in [1.29, 1.82) is 0 Å². The van der Waals surface area contributed by atoms with Gasteiger partial charge in [0.2, 0.25) is 5.56 Å². The molecule has 0 saturated heterocycles. The first-order chi connectivity index (χ1) is 16.5. The summed E-state index contributed by atoms with van der Waals surface area (Å²) in [5.41, 5.74) is 4.37. The van der Waals surface area contributed by atoms with Crippen molar-refractivity contribution < 1.29 is 5.11 Å². The Morgan fingerprint density at radius 1 is 0.941 bits per heavy atom. The lowest BCUT2D eigenvalue weighted by Gasteiger charge is -2.19. The Morgan fingerprint density at radius 2 is 1.59 bits per heavy atom. The van der Waals surface area contributed by atoms with E-state index in [4.69, 9.17) is 16.7 Å². The second-order valence-electron chi connectivity index (χ2n) is 9.57. The molecule has 0 aliphatic carbocycles. The number of rotatable bonds is 15. The molecule has 6 heteroatoms. The maximum absolute atomic E-state index is 11.8. The van der Waals surface area contributed by atoms with Crippen molar-refractivity contribution >= 4 is 33.4 Å². The van der Waals surface area contributed by atoms with Gasteiger partial charge in [0.15, 0.2) is 0 Å². The number of nitrogens with zero attached hydrogens (tertiary/aromatic N) is 2. The zero-order valence-electron chi connectivity index (χ0n) is 21.3. The average Bonchev–Trinajstić information content (AvgIpc) is 3.06. The third-order valence-corrected chi connectivity index (χ3v) is 7.54. The van der Waals surface area contributed by atoms with Crippen molar-refractivity contribution in [3.8, 4) is 0 Å². The van der Waals surface area contributed by atoms with Crippen LogP contribution in [-0.4, -0.2) is 45.8 Å². The predicted octanol–water partition coefficient (Wildman–Crippen LogP) is 6.58. The molecule has 0 spiro atoms. The van der Waals surface area contributed by atoms with Crippen LogP contribution in [0.1, 0.15) is 76.0 Å². The first-order valence-electron chi connectivity index (χ1n) is 13.1. The summed E-state index contributed by atoms with van der Waals surface area (Å²) in [6, 6.07) is 5.58. The molecular weight excluding hydrogens is 446 g/mol. The molecule has 3 rings (SSSR count). The SMILES string of the molecule is CCN(CCCCO)CCCCCCCCCn1c(C)c(C)c2c3c(Cl)cc(=O)[nH]c3ccc21. The molecule has 0 aliphatic rings. The minimum absolute atomic E-state index is 0.161. The lowest BCUT2D eigenvalue weighted by Crippen LogP contribution is -2.25. The summed E-state index contributed by atoms with van der Waals surface area (Å²) in [7, 11) is 0. The van der Waals surface area contributed by atoms with Crippen LogP contribution in [0.5, 0.6) is 0 Å². The van der Waals surface area contributed by atoms with E-state index in [1.807, 2.05) is 6.07 Å². The Kier molecular flexibility index (Phi) is 10.5. The number of H-pyrrole nitrogens is 1. The molecule has 1 aromatic carbocycles. The highest BCUT2D eigenvalue weighted by Crippen LogP contribution is 2.34. The van der Waals surface area contributed by atoms with E-state index in [1.54, 1.807) is 0 Å². The Labute approximate surface area is 209 Å². The molecule has 0 amide bonds. The van der Waals surface area contributed by atoms with E-state index in [1.165, 1.54) is 74.3 Å². The van der Waals surface area contributed by atoms with Crippen LogP contribution in [0.3, 0.4) is 0 Å². The normalized spacial score (nSPS) is 11.9. The number of aromatic amines is 1.